The van der Waals surface area contributed by atoms with Gasteiger partial charge in [-0.05, 0) is 43.9 Å². The Balaban J connectivity index is 2.16. The molecular formula is C20H26O6. The van der Waals surface area contributed by atoms with Crippen molar-refractivity contribution in [3.05, 3.63) is 12.2 Å². The summed E-state index contributed by atoms with van der Waals surface area (Å²) in [5.74, 6) is -4.50. The van der Waals surface area contributed by atoms with Gasteiger partial charge in [-0.25, -0.2) is 0 Å². The first-order chi connectivity index (χ1) is 12.0. The minimum absolute atomic E-state index is 0.0229. The average molecular weight is 362 g/mol. The normalized spacial score (nSPS) is 45.4. The molecule has 3 aliphatic carbocycles. The van der Waals surface area contributed by atoms with E-state index < -0.39 is 40.0 Å². The third kappa shape index (κ3) is 2.30. The van der Waals surface area contributed by atoms with E-state index in [1.807, 2.05) is 0 Å². The smallest absolute Gasteiger partial charge is 0.310 e. The number of aldehydes is 1. The predicted molar refractivity (Wildman–Crippen MR) is 92.3 cm³/mol. The zero-order valence-corrected chi connectivity index (χ0v) is 15.3. The monoisotopic (exact) mass is 362 g/mol. The number of hydrogen-bond donors (Lipinski definition) is 2. The summed E-state index contributed by atoms with van der Waals surface area (Å²) in [5, 5.41) is 19.7. The Morgan fingerprint density at radius 3 is 2.42 bits per heavy atom. The number of carbonyl (C=O) groups is 4. The molecule has 0 heterocycles. The van der Waals surface area contributed by atoms with Gasteiger partial charge in [0.05, 0.1) is 11.3 Å². The van der Waals surface area contributed by atoms with Crippen LogP contribution in [0.15, 0.2) is 12.2 Å². The van der Waals surface area contributed by atoms with Crippen molar-refractivity contribution in [1.29, 1.82) is 0 Å². The van der Waals surface area contributed by atoms with Crippen LogP contribution in [-0.4, -0.2) is 34.2 Å². The fraction of sp³-hybridized carbons (Fsp3) is 0.700. The molecule has 6 heteroatoms. The van der Waals surface area contributed by atoms with Crippen LogP contribution in [0.4, 0.5) is 0 Å². The number of ketones is 1. The van der Waals surface area contributed by atoms with Gasteiger partial charge in [0.15, 0.2) is 0 Å². The molecular weight excluding hydrogens is 336 g/mol. The molecule has 0 amide bonds. The number of rotatable bonds is 4. The van der Waals surface area contributed by atoms with E-state index in [9.17, 15) is 29.4 Å². The highest BCUT2D eigenvalue weighted by Crippen LogP contribution is 2.65. The third-order valence-electron chi connectivity index (χ3n) is 7.44. The van der Waals surface area contributed by atoms with Crippen molar-refractivity contribution in [3.8, 4) is 0 Å². The number of aliphatic carboxylic acids is 2. The summed E-state index contributed by atoms with van der Waals surface area (Å²) in [6, 6.07) is 0. The molecule has 0 aromatic carbocycles. The lowest BCUT2D eigenvalue weighted by molar-refractivity contribution is -0.184. The molecule has 0 radical (unpaired) electrons. The molecule has 3 fully saturated rings. The topological polar surface area (TPSA) is 109 Å². The summed E-state index contributed by atoms with van der Waals surface area (Å²) >= 11 is 0. The largest absolute Gasteiger partial charge is 0.481 e. The molecule has 3 saturated carbocycles. The average Bonchev–Trinajstić information content (AvgIpc) is 2.78. The maximum absolute atomic E-state index is 13.1. The number of carbonyl (C=O) groups excluding carboxylic acids is 2. The van der Waals surface area contributed by atoms with E-state index in [0.29, 0.717) is 25.7 Å². The molecule has 0 aromatic rings. The van der Waals surface area contributed by atoms with Crippen LogP contribution >= 0.6 is 0 Å². The standard InChI is InChI=1S/C20H26O6/c1-11-8-20(10-21)9-12(11)7-13(22)14(20)18(2)5-4-6-19(3,17(25)26)15(18)16(23)24/h10,12,14-15H,1,4-9H2,2-3H3,(H,23,24)(H,25,26). The van der Waals surface area contributed by atoms with Crippen molar-refractivity contribution in [2.75, 3.05) is 0 Å². The van der Waals surface area contributed by atoms with Gasteiger partial charge in [-0.1, -0.05) is 25.5 Å². The molecule has 26 heavy (non-hydrogen) atoms. The van der Waals surface area contributed by atoms with Crippen molar-refractivity contribution < 1.29 is 29.4 Å². The van der Waals surface area contributed by atoms with E-state index >= 15 is 0 Å². The van der Waals surface area contributed by atoms with E-state index in [-0.39, 0.29) is 24.5 Å². The summed E-state index contributed by atoms with van der Waals surface area (Å²) < 4.78 is 0. The first-order valence-corrected chi connectivity index (χ1v) is 9.15. The van der Waals surface area contributed by atoms with Gasteiger partial charge in [0.2, 0.25) is 0 Å². The number of allylic oxidation sites excluding steroid dienone is 1. The number of Topliss-reactive ketones (excluding diaryl/α,β-unsaturated/α-hetero) is 1. The van der Waals surface area contributed by atoms with Crippen molar-refractivity contribution in [3.63, 3.8) is 0 Å². The highest BCUT2D eigenvalue weighted by Gasteiger charge is 2.67. The molecule has 6 atom stereocenters. The van der Waals surface area contributed by atoms with Crippen LogP contribution in [-0.2, 0) is 19.2 Å². The Kier molecular flexibility index (Phi) is 4.17. The van der Waals surface area contributed by atoms with Crippen molar-refractivity contribution in [2.24, 2.45) is 34.0 Å². The zero-order valence-electron chi connectivity index (χ0n) is 15.3. The summed E-state index contributed by atoms with van der Waals surface area (Å²) in [6.45, 7) is 7.19. The molecule has 0 aromatic heterocycles. The van der Waals surface area contributed by atoms with Gasteiger partial charge in [0, 0.05) is 17.8 Å². The highest BCUT2D eigenvalue weighted by molar-refractivity contribution is 5.91. The molecule has 0 spiro atoms. The molecule has 0 aliphatic heterocycles. The van der Waals surface area contributed by atoms with Gasteiger partial charge < -0.3 is 15.0 Å². The number of carboxylic acid groups (broad SMARTS) is 2. The van der Waals surface area contributed by atoms with E-state index in [1.54, 1.807) is 6.92 Å². The fourth-order valence-corrected chi connectivity index (χ4v) is 6.49. The Hall–Kier alpha value is -1.98. The molecule has 0 saturated heterocycles. The van der Waals surface area contributed by atoms with Crippen LogP contribution in [0.25, 0.3) is 0 Å². The quantitative estimate of drug-likeness (QED) is 0.588. The molecule has 3 aliphatic rings. The first-order valence-electron chi connectivity index (χ1n) is 9.15. The van der Waals surface area contributed by atoms with E-state index in [2.05, 4.69) is 6.58 Å². The third-order valence-corrected chi connectivity index (χ3v) is 7.44. The van der Waals surface area contributed by atoms with E-state index in [4.69, 9.17) is 0 Å². The zero-order chi connectivity index (χ0) is 19.5. The van der Waals surface area contributed by atoms with Crippen LogP contribution in [0.2, 0.25) is 0 Å². The van der Waals surface area contributed by atoms with Crippen LogP contribution in [0, 0.1) is 34.0 Å². The van der Waals surface area contributed by atoms with Gasteiger partial charge >= 0.3 is 11.9 Å². The lowest BCUT2D eigenvalue weighted by atomic mass is 9.46. The maximum Gasteiger partial charge on any atom is 0.310 e. The minimum atomic E-state index is -1.46. The Labute approximate surface area is 152 Å². The Morgan fingerprint density at radius 1 is 1.23 bits per heavy atom. The van der Waals surface area contributed by atoms with Crippen molar-refractivity contribution >= 4 is 24.0 Å². The SMILES string of the molecule is C=C1CC2(C=O)CC1CC(=O)C2C1(C)CCCC(C)(C(=O)O)C1C(=O)O. The summed E-state index contributed by atoms with van der Waals surface area (Å²) in [5.41, 5.74) is -2.61. The lowest BCUT2D eigenvalue weighted by Crippen LogP contribution is -2.60. The van der Waals surface area contributed by atoms with Crippen LogP contribution < -0.4 is 0 Å². The first kappa shape index (κ1) is 18.8. The highest BCUT2D eigenvalue weighted by atomic mass is 16.4. The second kappa shape index (κ2) is 5.76. The van der Waals surface area contributed by atoms with Gasteiger partial charge in [0.25, 0.3) is 0 Å². The van der Waals surface area contributed by atoms with Crippen LogP contribution in [0.1, 0.15) is 52.4 Å². The molecule has 6 nitrogen and oxygen atoms in total. The molecule has 142 valence electrons. The van der Waals surface area contributed by atoms with E-state index in [0.717, 1.165) is 11.9 Å². The maximum atomic E-state index is 13.1. The number of fused-ring (bicyclic) bond motifs is 2. The summed E-state index contributed by atoms with van der Waals surface area (Å²) in [6.07, 6.45) is 3.18. The summed E-state index contributed by atoms with van der Waals surface area (Å²) in [7, 11) is 0. The Morgan fingerprint density at radius 2 is 1.88 bits per heavy atom. The van der Waals surface area contributed by atoms with Crippen LogP contribution in [0.5, 0.6) is 0 Å². The second-order valence-corrected chi connectivity index (χ2v) is 9.04. The van der Waals surface area contributed by atoms with Gasteiger partial charge in [0.1, 0.15) is 12.1 Å². The predicted octanol–water partition coefficient (Wildman–Crippen LogP) is 2.71. The van der Waals surface area contributed by atoms with Gasteiger partial charge in [-0.15, -0.1) is 0 Å². The molecule has 2 bridgehead atoms. The second-order valence-electron chi connectivity index (χ2n) is 9.04. The van der Waals surface area contributed by atoms with Gasteiger partial charge in [-0.2, -0.15) is 0 Å². The van der Waals surface area contributed by atoms with Crippen molar-refractivity contribution in [1.82, 2.24) is 0 Å². The molecule has 3 rings (SSSR count). The Bertz CT molecular complexity index is 711. The van der Waals surface area contributed by atoms with Gasteiger partial charge in [-0.3, -0.25) is 14.4 Å². The van der Waals surface area contributed by atoms with Crippen molar-refractivity contribution in [2.45, 2.75) is 52.4 Å². The fourth-order valence-electron chi connectivity index (χ4n) is 6.49. The number of carboxylic acids is 2. The summed E-state index contributed by atoms with van der Waals surface area (Å²) in [4.78, 5) is 49.4. The minimum Gasteiger partial charge on any atom is -0.481 e. The molecule has 6 unspecified atom stereocenters. The molecule has 2 N–H and O–H groups in total. The number of hydrogen-bond acceptors (Lipinski definition) is 4. The lowest BCUT2D eigenvalue weighted by Gasteiger charge is -2.55. The van der Waals surface area contributed by atoms with Crippen LogP contribution in [0.3, 0.4) is 0 Å². The van der Waals surface area contributed by atoms with E-state index in [1.165, 1.54) is 6.92 Å².